The highest BCUT2D eigenvalue weighted by Gasteiger charge is 2.32. The summed E-state index contributed by atoms with van der Waals surface area (Å²) < 4.78 is 53.1. The van der Waals surface area contributed by atoms with Crippen LogP contribution in [-0.4, -0.2) is 49.5 Å². The topological polar surface area (TPSA) is 86.8 Å². The van der Waals surface area contributed by atoms with Crippen molar-refractivity contribution in [2.45, 2.75) is 58.2 Å². The van der Waals surface area contributed by atoms with Crippen LogP contribution in [0.4, 0.5) is 14.5 Å². The Kier molecular flexibility index (Phi) is 10.6. The summed E-state index contributed by atoms with van der Waals surface area (Å²) in [4.78, 5) is 28.9. The number of halogens is 2. The maximum atomic E-state index is 13.8. The van der Waals surface area contributed by atoms with Crippen LogP contribution in [0.1, 0.15) is 44.7 Å². The van der Waals surface area contributed by atoms with Crippen LogP contribution in [-0.2, 0) is 32.6 Å². The second kappa shape index (κ2) is 13.7. The average Bonchev–Trinajstić information content (AvgIpc) is 2.89. The summed E-state index contributed by atoms with van der Waals surface area (Å²) in [5.41, 5.74) is 1.24. The molecule has 0 spiro atoms. The number of carbonyl (C=O) groups excluding carboxylic acids is 2. The second-order valence-corrected chi connectivity index (χ2v) is 12.9. The highest BCUT2D eigenvalue weighted by atomic mass is 32.2. The molecule has 1 atom stereocenters. The molecule has 0 radical (unpaired) electrons. The minimum absolute atomic E-state index is 0.0157. The molecule has 0 aliphatic carbocycles. The number of carbonyl (C=O) groups is 2. The average molecular weight is 586 g/mol. The summed E-state index contributed by atoms with van der Waals surface area (Å²) in [5, 5.41) is 2.98. The van der Waals surface area contributed by atoms with Crippen molar-refractivity contribution in [1.82, 2.24) is 10.2 Å². The molecule has 41 heavy (non-hydrogen) atoms. The van der Waals surface area contributed by atoms with Gasteiger partial charge in [0.1, 0.15) is 17.7 Å². The maximum Gasteiger partial charge on any atom is 0.243 e. The summed E-state index contributed by atoms with van der Waals surface area (Å²) in [6, 6.07) is 19.3. The molecule has 0 aromatic heterocycles. The first-order valence-corrected chi connectivity index (χ1v) is 15.2. The van der Waals surface area contributed by atoms with Gasteiger partial charge >= 0.3 is 0 Å². The molecular weight excluding hydrogens is 548 g/mol. The molecule has 10 heteroatoms. The number of sulfonamides is 1. The second-order valence-electron chi connectivity index (χ2n) is 11.0. The monoisotopic (exact) mass is 585 g/mol. The van der Waals surface area contributed by atoms with E-state index in [2.05, 4.69) is 5.32 Å². The Bertz CT molecular complexity index is 1410. The highest BCUT2D eigenvalue weighted by Crippen LogP contribution is 2.21. The number of rotatable bonds is 12. The van der Waals surface area contributed by atoms with Gasteiger partial charge in [-0.15, -0.1) is 0 Å². The van der Waals surface area contributed by atoms with Crippen molar-refractivity contribution in [2.24, 2.45) is 0 Å². The van der Waals surface area contributed by atoms with Crippen LogP contribution in [0.25, 0.3) is 0 Å². The Morgan fingerprint density at radius 2 is 1.41 bits per heavy atom. The molecule has 0 unspecified atom stereocenters. The molecule has 0 bridgehead atoms. The van der Waals surface area contributed by atoms with E-state index in [0.717, 1.165) is 16.1 Å². The Balaban J connectivity index is 1.89. The minimum atomic E-state index is -3.71. The van der Waals surface area contributed by atoms with Gasteiger partial charge in [0.15, 0.2) is 0 Å². The summed E-state index contributed by atoms with van der Waals surface area (Å²) in [7, 11) is -3.71. The molecular formula is C31H37F2N3O4S. The predicted octanol–water partition coefficient (Wildman–Crippen LogP) is 5.07. The fourth-order valence-electron chi connectivity index (χ4n) is 4.40. The van der Waals surface area contributed by atoms with Gasteiger partial charge in [0.25, 0.3) is 0 Å². The van der Waals surface area contributed by atoms with Crippen LogP contribution in [0.3, 0.4) is 0 Å². The van der Waals surface area contributed by atoms with Gasteiger partial charge < -0.3 is 10.2 Å². The van der Waals surface area contributed by atoms with Crippen molar-refractivity contribution in [1.29, 1.82) is 0 Å². The molecule has 3 aromatic rings. The first kappa shape index (κ1) is 31.7. The van der Waals surface area contributed by atoms with Gasteiger partial charge in [-0.25, -0.2) is 17.2 Å². The molecule has 1 N–H and O–H groups in total. The maximum absolute atomic E-state index is 13.8. The summed E-state index contributed by atoms with van der Waals surface area (Å²) in [6.45, 7) is 5.60. The SMILES string of the molecule is CC(C)(C)NC(=O)[C@H](Cc1ccccc1)N(Cc1ccc(F)cc1)C(=O)CCCN(c1ccc(F)cc1)S(C)(=O)=O. The molecule has 3 rings (SSSR count). The molecule has 0 aliphatic heterocycles. The van der Waals surface area contributed by atoms with Crippen LogP contribution >= 0.6 is 0 Å². The Morgan fingerprint density at radius 1 is 0.854 bits per heavy atom. The highest BCUT2D eigenvalue weighted by molar-refractivity contribution is 7.92. The normalized spacial score (nSPS) is 12.4. The Labute approximate surface area is 241 Å². The number of hydrogen-bond donors (Lipinski definition) is 1. The lowest BCUT2D eigenvalue weighted by molar-refractivity contribution is -0.142. The van der Waals surface area contributed by atoms with Gasteiger partial charge in [-0.2, -0.15) is 0 Å². The predicted molar refractivity (Wildman–Crippen MR) is 157 cm³/mol. The quantitative estimate of drug-likeness (QED) is 0.322. The largest absolute Gasteiger partial charge is 0.350 e. The fourth-order valence-corrected chi connectivity index (χ4v) is 5.37. The lowest BCUT2D eigenvalue weighted by atomic mass is 10.00. The van der Waals surface area contributed by atoms with Gasteiger partial charge in [-0.05, 0) is 74.7 Å². The van der Waals surface area contributed by atoms with Crippen LogP contribution in [0.2, 0.25) is 0 Å². The van der Waals surface area contributed by atoms with Crippen molar-refractivity contribution in [3.8, 4) is 0 Å². The molecule has 7 nitrogen and oxygen atoms in total. The van der Waals surface area contributed by atoms with Crippen LogP contribution in [0, 0.1) is 11.6 Å². The third-order valence-electron chi connectivity index (χ3n) is 6.30. The van der Waals surface area contributed by atoms with Crippen LogP contribution < -0.4 is 9.62 Å². The van der Waals surface area contributed by atoms with E-state index >= 15 is 0 Å². The molecule has 220 valence electrons. The number of nitrogens with zero attached hydrogens (tertiary/aromatic N) is 2. The first-order valence-electron chi connectivity index (χ1n) is 13.4. The van der Waals surface area contributed by atoms with Gasteiger partial charge in [-0.1, -0.05) is 42.5 Å². The van der Waals surface area contributed by atoms with E-state index < -0.39 is 33.2 Å². The molecule has 0 saturated carbocycles. The summed E-state index contributed by atoms with van der Waals surface area (Å²) in [5.74, 6) is -1.60. The number of benzene rings is 3. The van der Waals surface area contributed by atoms with Crippen LogP contribution in [0.15, 0.2) is 78.9 Å². The minimum Gasteiger partial charge on any atom is -0.350 e. The third-order valence-corrected chi connectivity index (χ3v) is 7.50. The molecule has 0 heterocycles. The summed E-state index contributed by atoms with van der Waals surface area (Å²) in [6.07, 6.45) is 1.40. The van der Waals surface area contributed by atoms with Crippen LogP contribution in [0.5, 0.6) is 0 Å². The van der Waals surface area contributed by atoms with Crippen molar-refractivity contribution < 1.29 is 26.8 Å². The molecule has 0 fully saturated rings. The number of hydrogen-bond acceptors (Lipinski definition) is 4. The van der Waals surface area contributed by atoms with E-state index in [0.29, 0.717) is 5.56 Å². The number of amides is 2. The third kappa shape index (κ3) is 9.97. The van der Waals surface area contributed by atoms with Crippen molar-refractivity contribution in [2.75, 3.05) is 17.1 Å². The zero-order chi connectivity index (χ0) is 30.2. The summed E-state index contributed by atoms with van der Waals surface area (Å²) >= 11 is 0. The van der Waals surface area contributed by atoms with Gasteiger partial charge in [-0.3, -0.25) is 13.9 Å². The van der Waals surface area contributed by atoms with Crippen molar-refractivity contribution in [3.63, 3.8) is 0 Å². The van der Waals surface area contributed by atoms with E-state index in [9.17, 15) is 26.8 Å². The number of nitrogens with one attached hydrogen (secondary N) is 1. The lowest BCUT2D eigenvalue weighted by Crippen LogP contribution is -2.54. The smallest absolute Gasteiger partial charge is 0.243 e. The number of anilines is 1. The fraction of sp³-hybridized carbons (Fsp3) is 0.355. The standard InChI is InChI=1S/C31H37F2N3O4S/c1-31(2,3)34-30(38)28(21-23-9-6-5-7-10-23)35(22-24-12-14-25(32)15-13-24)29(37)11-8-20-36(41(4,39)40)27-18-16-26(33)17-19-27/h5-7,9-10,12-19,28H,8,11,20-22H2,1-4H3,(H,34,38)/t28-/m0/s1. The van der Waals surface area contributed by atoms with Gasteiger partial charge in [0, 0.05) is 31.5 Å². The molecule has 0 aliphatic rings. The Morgan fingerprint density at radius 3 is 1.95 bits per heavy atom. The van der Waals surface area contributed by atoms with Gasteiger partial charge in [0.05, 0.1) is 11.9 Å². The first-order chi connectivity index (χ1) is 19.2. The zero-order valence-electron chi connectivity index (χ0n) is 23.8. The van der Waals surface area contributed by atoms with E-state index in [1.165, 1.54) is 41.3 Å². The van der Waals surface area contributed by atoms with E-state index in [1.54, 1.807) is 12.1 Å². The van der Waals surface area contributed by atoms with E-state index in [-0.39, 0.29) is 49.9 Å². The van der Waals surface area contributed by atoms with E-state index in [4.69, 9.17) is 0 Å². The Hall–Kier alpha value is -3.79. The van der Waals surface area contributed by atoms with Crippen molar-refractivity contribution in [3.05, 3.63) is 102 Å². The molecule has 3 aromatic carbocycles. The van der Waals surface area contributed by atoms with E-state index in [1.807, 2.05) is 51.1 Å². The lowest BCUT2D eigenvalue weighted by Gasteiger charge is -2.34. The molecule has 0 saturated heterocycles. The van der Waals surface area contributed by atoms with Crippen molar-refractivity contribution >= 4 is 27.5 Å². The molecule has 2 amide bonds. The zero-order valence-corrected chi connectivity index (χ0v) is 24.6. The van der Waals surface area contributed by atoms with Gasteiger partial charge in [0.2, 0.25) is 21.8 Å².